The van der Waals surface area contributed by atoms with E-state index in [1.807, 2.05) is 18.7 Å². The van der Waals surface area contributed by atoms with E-state index < -0.39 is 0 Å². The molecule has 0 aliphatic heterocycles. The van der Waals surface area contributed by atoms with E-state index in [1.54, 1.807) is 0 Å². The first-order chi connectivity index (χ1) is 8.28. The van der Waals surface area contributed by atoms with Gasteiger partial charge in [-0.15, -0.1) is 11.8 Å². The van der Waals surface area contributed by atoms with Gasteiger partial charge in [0.15, 0.2) is 0 Å². The zero-order chi connectivity index (χ0) is 12.1. The fraction of sp³-hybridized carbons (Fsp3) is 0.571. The van der Waals surface area contributed by atoms with Crippen LogP contribution in [0.3, 0.4) is 0 Å². The Hall–Kier alpha value is -0.670. The molecule has 0 heterocycles. The van der Waals surface area contributed by atoms with Crippen molar-refractivity contribution in [1.82, 2.24) is 0 Å². The second kappa shape index (κ2) is 6.31. The van der Waals surface area contributed by atoms with Gasteiger partial charge in [0.25, 0.3) is 0 Å². The van der Waals surface area contributed by atoms with Crippen LogP contribution in [-0.4, -0.2) is 17.9 Å². The molecule has 1 aromatic carbocycles. The summed E-state index contributed by atoms with van der Waals surface area (Å²) in [6, 6.07) is 8.86. The van der Waals surface area contributed by atoms with E-state index in [0.717, 1.165) is 17.6 Å². The lowest BCUT2D eigenvalue weighted by molar-refractivity contribution is 0.340. The molecule has 1 fully saturated rings. The molecule has 2 rings (SSSR count). The highest BCUT2D eigenvalue weighted by molar-refractivity contribution is 8.00. The van der Waals surface area contributed by atoms with Crippen molar-refractivity contribution < 1.29 is 4.74 Å². The van der Waals surface area contributed by atoms with Crippen LogP contribution in [-0.2, 0) is 0 Å². The number of hydrogen-bond donors (Lipinski definition) is 1. The van der Waals surface area contributed by atoms with Crippen LogP contribution in [0.5, 0.6) is 5.75 Å². The first-order valence-corrected chi connectivity index (χ1v) is 7.31. The molecule has 1 aliphatic rings. The molecular formula is C14H21NOS. The summed E-state index contributed by atoms with van der Waals surface area (Å²) >= 11 is 1.98. The van der Waals surface area contributed by atoms with E-state index >= 15 is 0 Å². The number of nitrogens with two attached hydrogens (primary N) is 1. The van der Waals surface area contributed by atoms with Gasteiger partial charge in [0.05, 0.1) is 6.61 Å². The van der Waals surface area contributed by atoms with Crippen LogP contribution < -0.4 is 10.5 Å². The van der Waals surface area contributed by atoms with Crippen molar-refractivity contribution >= 4 is 11.8 Å². The maximum atomic E-state index is 5.92. The van der Waals surface area contributed by atoms with Gasteiger partial charge in [0, 0.05) is 16.2 Å². The van der Waals surface area contributed by atoms with Gasteiger partial charge in [-0.05, 0) is 56.9 Å². The van der Waals surface area contributed by atoms with Gasteiger partial charge in [0.2, 0.25) is 0 Å². The lowest BCUT2D eigenvalue weighted by Gasteiger charge is -2.25. The third-order valence-corrected chi connectivity index (χ3v) is 4.51. The van der Waals surface area contributed by atoms with E-state index in [-0.39, 0.29) is 0 Å². The summed E-state index contributed by atoms with van der Waals surface area (Å²) < 4.78 is 5.44. The summed E-state index contributed by atoms with van der Waals surface area (Å²) in [5, 5.41) is 0.743. The molecule has 0 saturated heterocycles. The molecule has 3 heteroatoms. The Morgan fingerprint density at radius 3 is 2.41 bits per heavy atom. The zero-order valence-corrected chi connectivity index (χ0v) is 11.2. The predicted octanol–water partition coefficient (Wildman–Crippen LogP) is 3.45. The molecular weight excluding hydrogens is 230 g/mol. The topological polar surface area (TPSA) is 35.2 Å². The average Bonchev–Trinajstić information content (AvgIpc) is 2.35. The van der Waals surface area contributed by atoms with Crippen LogP contribution in [0.4, 0.5) is 0 Å². The normalized spacial score (nSPS) is 24.6. The number of thioether (sulfide) groups is 1. The van der Waals surface area contributed by atoms with Crippen LogP contribution in [0.25, 0.3) is 0 Å². The largest absolute Gasteiger partial charge is 0.494 e. The highest BCUT2D eigenvalue weighted by Crippen LogP contribution is 2.33. The second-order valence-electron chi connectivity index (χ2n) is 4.56. The number of ether oxygens (including phenoxy) is 1. The molecule has 2 nitrogen and oxygen atoms in total. The van der Waals surface area contributed by atoms with E-state index in [1.165, 1.54) is 30.6 Å². The van der Waals surface area contributed by atoms with Gasteiger partial charge in [-0.25, -0.2) is 0 Å². The first-order valence-electron chi connectivity index (χ1n) is 6.43. The van der Waals surface area contributed by atoms with Gasteiger partial charge in [-0.1, -0.05) is 0 Å². The molecule has 1 aliphatic carbocycles. The Kier molecular flexibility index (Phi) is 4.75. The van der Waals surface area contributed by atoms with Gasteiger partial charge in [-0.3, -0.25) is 0 Å². The maximum Gasteiger partial charge on any atom is 0.119 e. The third-order valence-electron chi connectivity index (χ3n) is 3.16. The Bertz CT molecular complexity index is 331. The lowest BCUT2D eigenvalue weighted by Crippen LogP contribution is -2.27. The third kappa shape index (κ3) is 3.93. The van der Waals surface area contributed by atoms with Crippen LogP contribution in [0.2, 0.25) is 0 Å². The Balaban J connectivity index is 1.86. The van der Waals surface area contributed by atoms with Gasteiger partial charge in [0.1, 0.15) is 5.75 Å². The molecule has 0 bridgehead atoms. The summed E-state index contributed by atoms with van der Waals surface area (Å²) in [7, 11) is 0. The quantitative estimate of drug-likeness (QED) is 0.890. The van der Waals surface area contributed by atoms with Crippen LogP contribution in [0, 0.1) is 0 Å². The van der Waals surface area contributed by atoms with Crippen molar-refractivity contribution in [1.29, 1.82) is 0 Å². The Morgan fingerprint density at radius 1 is 1.18 bits per heavy atom. The average molecular weight is 251 g/mol. The highest BCUT2D eigenvalue weighted by Gasteiger charge is 2.19. The van der Waals surface area contributed by atoms with Gasteiger partial charge < -0.3 is 10.5 Å². The molecule has 0 atom stereocenters. The molecule has 0 amide bonds. The first kappa shape index (κ1) is 12.8. The lowest BCUT2D eigenvalue weighted by atomic mass is 9.96. The van der Waals surface area contributed by atoms with Crippen molar-refractivity contribution in [3.8, 4) is 5.75 Å². The standard InChI is InChI=1S/C14H21NOS/c1-2-16-12-5-9-14(10-6-12)17-13-7-3-11(15)4-8-13/h5-6,9-11,13H,2-4,7-8,15H2,1H3. The predicted molar refractivity (Wildman–Crippen MR) is 73.7 cm³/mol. The molecule has 1 saturated carbocycles. The van der Waals surface area contributed by atoms with Crippen molar-refractivity contribution in [3.63, 3.8) is 0 Å². The van der Waals surface area contributed by atoms with E-state index in [2.05, 4.69) is 24.3 Å². The van der Waals surface area contributed by atoms with Crippen LogP contribution in [0.1, 0.15) is 32.6 Å². The van der Waals surface area contributed by atoms with Gasteiger partial charge >= 0.3 is 0 Å². The molecule has 2 N–H and O–H groups in total. The summed E-state index contributed by atoms with van der Waals surface area (Å²) in [4.78, 5) is 1.34. The summed E-state index contributed by atoms with van der Waals surface area (Å²) in [6.07, 6.45) is 4.85. The fourth-order valence-electron chi connectivity index (χ4n) is 2.18. The molecule has 1 aromatic rings. The van der Waals surface area contributed by atoms with E-state index in [4.69, 9.17) is 10.5 Å². The molecule has 94 valence electrons. The summed E-state index contributed by atoms with van der Waals surface area (Å²) in [5.41, 5.74) is 5.92. The van der Waals surface area contributed by atoms with Crippen LogP contribution >= 0.6 is 11.8 Å². The maximum absolute atomic E-state index is 5.92. The van der Waals surface area contributed by atoms with E-state index in [9.17, 15) is 0 Å². The minimum absolute atomic E-state index is 0.437. The zero-order valence-electron chi connectivity index (χ0n) is 10.4. The molecule has 0 unspecified atom stereocenters. The Labute approximate surface area is 108 Å². The number of rotatable bonds is 4. The number of hydrogen-bond acceptors (Lipinski definition) is 3. The minimum Gasteiger partial charge on any atom is -0.494 e. The Morgan fingerprint density at radius 2 is 1.82 bits per heavy atom. The highest BCUT2D eigenvalue weighted by atomic mass is 32.2. The summed E-state index contributed by atoms with van der Waals surface area (Å²) in [5.74, 6) is 0.961. The minimum atomic E-state index is 0.437. The molecule has 0 spiro atoms. The van der Waals surface area contributed by atoms with Gasteiger partial charge in [-0.2, -0.15) is 0 Å². The fourth-order valence-corrected chi connectivity index (χ4v) is 3.37. The summed E-state index contributed by atoms with van der Waals surface area (Å²) in [6.45, 7) is 2.74. The van der Waals surface area contributed by atoms with Crippen molar-refractivity contribution in [2.45, 2.75) is 48.8 Å². The smallest absolute Gasteiger partial charge is 0.119 e. The molecule has 17 heavy (non-hydrogen) atoms. The SMILES string of the molecule is CCOc1ccc(SC2CCC(N)CC2)cc1. The molecule has 0 aromatic heterocycles. The van der Waals surface area contributed by atoms with Crippen LogP contribution in [0.15, 0.2) is 29.2 Å². The monoisotopic (exact) mass is 251 g/mol. The van der Waals surface area contributed by atoms with Crippen molar-refractivity contribution in [3.05, 3.63) is 24.3 Å². The van der Waals surface area contributed by atoms with Crippen molar-refractivity contribution in [2.75, 3.05) is 6.61 Å². The van der Waals surface area contributed by atoms with E-state index in [0.29, 0.717) is 6.04 Å². The number of benzene rings is 1. The second-order valence-corrected chi connectivity index (χ2v) is 5.93. The van der Waals surface area contributed by atoms with Crippen molar-refractivity contribution in [2.24, 2.45) is 5.73 Å². The molecule has 0 radical (unpaired) electrons.